The maximum atomic E-state index is 13.5. The summed E-state index contributed by atoms with van der Waals surface area (Å²) < 4.78 is 32.3. The van der Waals surface area contributed by atoms with Gasteiger partial charge in [-0.1, -0.05) is 5.16 Å². The summed E-state index contributed by atoms with van der Waals surface area (Å²) in [4.78, 5) is 21.7. The van der Waals surface area contributed by atoms with Gasteiger partial charge in [-0.15, -0.1) is 0 Å². The van der Waals surface area contributed by atoms with E-state index >= 15 is 0 Å². The number of hydrazone groups is 1. The number of halogens is 2. The zero-order valence-electron chi connectivity index (χ0n) is 15.5. The van der Waals surface area contributed by atoms with Crippen LogP contribution in [0.4, 0.5) is 8.78 Å². The van der Waals surface area contributed by atoms with Gasteiger partial charge in [-0.05, 0) is 32.6 Å². The molecule has 28 heavy (non-hydrogen) atoms. The number of carbonyl (C=O) groups is 1. The van der Waals surface area contributed by atoms with E-state index in [2.05, 4.69) is 20.6 Å². The molecule has 0 aromatic carbocycles. The number of fused-ring (bicyclic) bond motifs is 1. The van der Waals surface area contributed by atoms with Crippen molar-refractivity contribution < 1.29 is 18.1 Å². The Kier molecular flexibility index (Phi) is 3.99. The van der Waals surface area contributed by atoms with E-state index in [0.29, 0.717) is 30.4 Å². The number of amides is 1. The zero-order valence-corrected chi connectivity index (χ0v) is 15.5. The van der Waals surface area contributed by atoms with E-state index in [-0.39, 0.29) is 36.6 Å². The number of rotatable bonds is 3. The Morgan fingerprint density at radius 1 is 1.21 bits per heavy atom. The highest BCUT2D eigenvalue weighted by Crippen LogP contribution is 2.44. The largest absolute Gasteiger partial charge is 0.339 e. The molecule has 2 fully saturated rings. The highest BCUT2D eigenvalue weighted by molar-refractivity contribution is 6.08. The van der Waals surface area contributed by atoms with Crippen molar-refractivity contribution in [1.29, 1.82) is 0 Å². The van der Waals surface area contributed by atoms with Crippen LogP contribution < -0.4 is 5.32 Å². The molecular weight excluding hydrogens is 370 g/mol. The third kappa shape index (κ3) is 2.89. The van der Waals surface area contributed by atoms with E-state index in [4.69, 9.17) is 9.52 Å². The predicted octanol–water partition coefficient (Wildman–Crippen LogP) is 2.22. The monoisotopic (exact) mass is 392 g/mol. The predicted molar refractivity (Wildman–Crippen MR) is 94.9 cm³/mol. The van der Waals surface area contributed by atoms with Crippen LogP contribution in [0.2, 0.25) is 0 Å². The molecule has 150 valence electrons. The zero-order chi connectivity index (χ0) is 19.5. The summed E-state index contributed by atoms with van der Waals surface area (Å²) in [5, 5.41) is 12.9. The molecular formula is C18H22F2N6O2. The molecule has 1 amide bonds. The van der Waals surface area contributed by atoms with Crippen molar-refractivity contribution in [2.45, 2.75) is 69.5 Å². The van der Waals surface area contributed by atoms with E-state index in [1.165, 1.54) is 0 Å². The summed E-state index contributed by atoms with van der Waals surface area (Å²) in [5.74, 6) is -1.38. The molecule has 10 heteroatoms. The van der Waals surface area contributed by atoms with Crippen LogP contribution in [0.1, 0.15) is 56.2 Å². The average Bonchev–Trinajstić information content (AvgIpc) is 3.21. The molecule has 2 aliphatic heterocycles. The standard InChI is InChI=1S/C18H22F2N6O2/c1-9-22-17(28-25-9)12-3-2-11(12)14-23-15-13(16(27)24-14)8-21-26(15)10-4-6-18(19,20)7-5-10/h8,10-13,15H,2-7H2,1H3,(H,23,24,27). The number of hydrogen-bond acceptors (Lipinski definition) is 7. The Morgan fingerprint density at radius 3 is 2.61 bits per heavy atom. The molecule has 8 nitrogen and oxygen atoms in total. The highest BCUT2D eigenvalue weighted by Gasteiger charge is 2.48. The number of aryl methyl sites for hydroxylation is 1. The first-order valence-corrected chi connectivity index (χ1v) is 9.80. The molecule has 4 unspecified atom stereocenters. The first kappa shape index (κ1) is 17.7. The van der Waals surface area contributed by atoms with Crippen LogP contribution in [0.15, 0.2) is 14.6 Å². The topological polar surface area (TPSA) is 96.0 Å². The third-order valence-electron chi connectivity index (χ3n) is 6.33. The fourth-order valence-electron chi connectivity index (χ4n) is 4.56. The van der Waals surface area contributed by atoms with Gasteiger partial charge in [0.25, 0.3) is 0 Å². The average molecular weight is 392 g/mol. The van der Waals surface area contributed by atoms with Crippen LogP contribution in [0.3, 0.4) is 0 Å². The second-order valence-electron chi connectivity index (χ2n) is 8.14. The SMILES string of the molecule is Cc1noc(C2CCC2C2=NC3C(C=NN3C3CCC(F)(F)CC3)C(=O)N2)n1. The highest BCUT2D eigenvalue weighted by atomic mass is 19.3. The van der Waals surface area contributed by atoms with Crippen LogP contribution in [-0.4, -0.2) is 51.2 Å². The minimum atomic E-state index is -2.60. The molecule has 0 saturated heterocycles. The molecule has 1 N–H and O–H groups in total. The number of carbonyl (C=O) groups excluding carboxylic acids is 1. The van der Waals surface area contributed by atoms with E-state index in [0.717, 1.165) is 12.8 Å². The van der Waals surface area contributed by atoms with E-state index in [1.807, 2.05) is 0 Å². The van der Waals surface area contributed by atoms with Gasteiger partial charge in [0.1, 0.15) is 11.8 Å². The van der Waals surface area contributed by atoms with Crippen LogP contribution in [0.25, 0.3) is 0 Å². The molecule has 2 saturated carbocycles. The van der Waals surface area contributed by atoms with Gasteiger partial charge in [-0.3, -0.25) is 9.80 Å². The second-order valence-corrected chi connectivity index (χ2v) is 8.14. The first-order valence-electron chi connectivity index (χ1n) is 9.80. The lowest BCUT2D eigenvalue weighted by Crippen LogP contribution is -2.54. The van der Waals surface area contributed by atoms with Crippen molar-refractivity contribution in [2.75, 3.05) is 0 Å². The number of aliphatic imine (C=N–C) groups is 1. The van der Waals surface area contributed by atoms with Crippen LogP contribution in [0, 0.1) is 18.8 Å². The Labute approximate surface area is 160 Å². The van der Waals surface area contributed by atoms with Gasteiger partial charge in [-0.2, -0.15) is 10.1 Å². The summed E-state index contributed by atoms with van der Waals surface area (Å²) in [7, 11) is 0. The van der Waals surface area contributed by atoms with Gasteiger partial charge < -0.3 is 9.84 Å². The number of alkyl halides is 2. The van der Waals surface area contributed by atoms with Crippen molar-refractivity contribution in [1.82, 2.24) is 20.5 Å². The molecule has 2 aliphatic carbocycles. The molecule has 1 aromatic heterocycles. The van der Waals surface area contributed by atoms with E-state index in [9.17, 15) is 13.6 Å². The van der Waals surface area contributed by atoms with Crippen molar-refractivity contribution >= 4 is 18.0 Å². The lowest BCUT2D eigenvalue weighted by Gasteiger charge is -2.40. The second kappa shape index (κ2) is 6.31. The molecule has 4 aliphatic rings. The lowest BCUT2D eigenvalue weighted by atomic mass is 9.72. The summed E-state index contributed by atoms with van der Waals surface area (Å²) >= 11 is 0. The molecule has 1 aromatic rings. The number of nitrogens with zero attached hydrogens (tertiary/aromatic N) is 5. The first-order chi connectivity index (χ1) is 13.4. The maximum Gasteiger partial charge on any atom is 0.248 e. The minimum Gasteiger partial charge on any atom is -0.339 e. The summed E-state index contributed by atoms with van der Waals surface area (Å²) in [6, 6.07) is -0.113. The number of hydrogen-bond donors (Lipinski definition) is 1. The minimum absolute atomic E-state index is 0.0166. The normalized spacial score (nSPS) is 34.6. The van der Waals surface area contributed by atoms with Gasteiger partial charge in [0, 0.05) is 36.9 Å². The fraction of sp³-hybridized carbons (Fsp3) is 0.722. The number of aromatic nitrogens is 2. The van der Waals surface area contributed by atoms with Crippen molar-refractivity contribution in [3.05, 3.63) is 11.7 Å². The molecule has 4 atom stereocenters. The Morgan fingerprint density at radius 2 is 1.96 bits per heavy atom. The van der Waals surface area contributed by atoms with E-state index in [1.54, 1.807) is 18.1 Å². The number of nitrogens with one attached hydrogen (secondary N) is 1. The maximum absolute atomic E-state index is 13.5. The molecule has 0 bridgehead atoms. The van der Waals surface area contributed by atoms with Crippen molar-refractivity contribution in [3.63, 3.8) is 0 Å². The molecule has 0 radical (unpaired) electrons. The van der Waals surface area contributed by atoms with Gasteiger partial charge in [0.15, 0.2) is 12.0 Å². The fourth-order valence-corrected chi connectivity index (χ4v) is 4.56. The van der Waals surface area contributed by atoms with Crippen LogP contribution in [0.5, 0.6) is 0 Å². The van der Waals surface area contributed by atoms with Crippen molar-refractivity contribution in [3.8, 4) is 0 Å². The van der Waals surface area contributed by atoms with Crippen LogP contribution in [-0.2, 0) is 4.79 Å². The molecule has 5 rings (SSSR count). The summed E-state index contributed by atoms with van der Waals surface area (Å²) in [6.07, 6.45) is 3.32. The lowest BCUT2D eigenvalue weighted by molar-refractivity contribution is -0.124. The molecule has 3 heterocycles. The third-order valence-corrected chi connectivity index (χ3v) is 6.33. The molecule has 0 spiro atoms. The number of amidine groups is 1. The quantitative estimate of drug-likeness (QED) is 0.851. The van der Waals surface area contributed by atoms with Gasteiger partial charge >= 0.3 is 0 Å². The van der Waals surface area contributed by atoms with Gasteiger partial charge in [0.05, 0.1) is 0 Å². The Hall–Kier alpha value is -2.39. The Bertz CT molecular complexity index is 843. The van der Waals surface area contributed by atoms with E-state index < -0.39 is 18.0 Å². The smallest absolute Gasteiger partial charge is 0.248 e. The van der Waals surface area contributed by atoms with Crippen LogP contribution >= 0.6 is 0 Å². The van der Waals surface area contributed by atoms with Crippen molar-refractivity contribution in [2.24, 2.45) is 21.9 Å². The van der Waals surface area contributed by atoms with Gasteiger partial charge in [-0.25, -0.2) is 13.8 Å². The Balaban J connectivity index is 1.36. The summed E-state index contributed by atoms with van der Waals surface area (Å²) in [5.41, 5.74) is 0. The summed E-state index contributed by atoms with van der Waals surface area (Å²) in [6.45, 7) is 1.77. The van der Waals surface area contributed by atoms with Gasteiger partial charge in [0.2, 0.25) is 17.7 Å².